The lowest BCUT2D eigenvalue weighted by molar-refractivity contribution is 0.0742. The van der Waals surface area contributed by atoms with Crippen LogP contribution in [-0.2, 0) is 0 Å². The molecule has 3 rings (SSSR count). The fourth-order valence-corrected chi connectivity index (χ4v) is 3.70. The second-order valence-corrected chi connectivity index (χ2v) is 6.50. The second-order valence-electron chi connectivity index (χ2n) is 6.50. The van der Waals surface area contributed by atoms with Gasteiger partial charge in [-0.1, -0.05) is 50.2 Å². The van der Waals surface area contributed by atoms with Crippen molar-refractivity contribution in [3.05, 3.63) is 65.2 Å². The first-order valence-electron chi connectivity index (χ1n) is 9.14. The number of halogens is 1. The Kier molecular flexibility index (Phi) is 8.76. The quantitative estimate of drug-likeness (QED) is 0.736. The number of nitrogens with two attached hydrogens (primary N) is 1. The highest BCUT2D eigenvalue weighted by Crippen LogP contribution is 2.40. The molecule has 0 bridgehead atoms. The van der Waals surface area contributed by atoms with E-state index in [2.05, 4.69) is 24.8 Å². The van der Waals surface area contributed by atoms with Gasteiger partial charge in [0.25, 0.3) is 5.91 Å². The van der Waals surface area contributed by atoms with Gasteiger partial charge in [0, 0.05) is 23.4 Å². The summed E-state index contributed by atoms with van der Waals surface area (Å²) in [5, 5.41) is 0. The minimum absolute atomic E-state index is 0. The van der Waals surface area contributed by atoms with Gasteiger partial charge in [-0.05, 0) is 43.8 Å². The molecule has 0 fully saturated rings. The van der Waals surface area contributed by atoms with Crippen LogP contribution in [0.4, 0.5) is 5.69 Å². The zero-order chi connectivity index (χ0) is 17.8. The molecule has 1 aliphatic rings. The van der Waals surface area contributed by atoms with E-state index in [1.807, 2.05) is 47.4 Å². The summed E-state index contributed by atoms with van der Waals surface area (Å²) in [7, 11) is 0. The van der Waals surface area contributed by atoms with Crippen molar-refractivity contribution in [2.75, 3.05) is 31.9 Å². The van der Waals surface area contributed by atoms with Gasteiger partial charge in [-0.25, -0.2) is 0 Å². The van der Waals surface area contributed by atoms with Crippen molar-refractivity contribution in [2.45, 2.75) is 26.3 Å². The molecule has 0 spiro atoms. The first kappa shape index (κ1) is 23.0. The van der Waals surface area contributed by atoms with Crippen LogP contribution >= 0.6 is 12.4 Å². The van der Waals surface area contributed by atoms with E-state index >= 15 is 0 Å². The lowest BCUT2D eigenvalue weighted by Crippen LogP contribution is -2.33. The molecule has 1 amide bonds. The molecule has 1 aliphatic heterocycles. The van der Waals surface area contributed by atoms with Crippen molar-refractivity contribution < 1.29 is 10.3 Å². The molecular weight excluding hydrogens is 362 g/mol. The van der Waals surface area contributed by atoms with E-state index in [9.17, 15) is 4.79 Å². The number of rotatable bonds is 7. The zero-order valence-electron chi connectivity index (χ0n) is 16.0. The summed E-state index contributed by atoms with van der Waals surface area (Å²) in [6.45, 7) is 8.17. The third-order valence-electron chi connectivity index (χ3n) is 5.12. The van der Waals surface area contributed by atoms with Crippen LogP contribution in [0.2, 0.25) is 0 Å². The maximum absolute atomic E-state index is 13.0. The van der Waals surface area contributed by atoms with Gasteiger partial charge >= 0.3 is 0 Å². The van der Waals surface area contributed by atoms with Gasteiger partial charge in [0.2, 0.25) is 0 Å². The summed E-state index contributed by atoms with van der Waals surface area (Å²) in [5.41, 5.74) is 9.87. The molecule has 0 radical (unpaired) electrons. The average Bonchev–Trinajstić information content (AvgIpc) is 2.92. The van der Waals surface area contributed by atoms with Crippen LogP contribution < -0.4 is 5.73 Å². The molecule has 148 valence electrons. The molecule has 1 atom stereocenters. The molecule has 0 saturated heterocycles. The maximum Gasteiger partial charge on any atom is 0.255 e. The molecular formula is C21H30ClN3O2. The fourth-order valence-electron chi connectivity index (χ4n) is 3.70. The second kappa shape index (κ2) is 10.3. The molecule has 1 heterocycles. The molecule has 0 saturated carbocycles. The Bertz CT molecular complexity index is 750. The van der Waals surface area contributed by atoms with Gasteiger partial charge in [-0.2, -0.15) is 0 Å². The monoisotopic (exact) mass is 391 g/mol. The lowest BCUT2D eigenvalue weighted by atomic mass is 9.96. The van der Waals surface area contributed by atoms with Crippen molar-refractivity contribution in [2.24, 2.45) is 0 Å². The third kappa shape index (κ3) is 4.61. The standard InChI is InChI=1S/C21H27N3O.ClH.H2O/c1-3-23(4-2)14-9-15-24-20(18-12-7-8-13-19(18)22)16-10-5-6-11-17(16)21(24)25;;/h5-8,10-13,20H,3-4,9,14-15,22H2,1-2H3;1H;1H2. The summed E-state index contributed by atoms with van der Waals surface area (Å²) in [4.78, 5) is 17.4. The van der Waals surface area contributed by atoms with E-state index in [0.29, 0.717) is 0 Å². The molecule has 5 nitrogen and oxygen atoms in total. The van der Waals surface area contributed by atoms with E-state index < -0.39 is 0 Å². The Morgan fingerprint density at radius 2 is 1.59 bits per heavy atom. The Morgan fingerprint density at radius 1 is 1.00 bits per heavy atom. The first-order valence-corrected chi connectivity index (χ1v) is 9.14. The van der Waals surface area contributed by atoms with E-state index in [4.69, 9.17) is 5.73 Å². The topological polar surface area (TPSA) is 81.1 Å². The van der Waals surface area contributed by atoms with Crippen LogP contribution in [-0.4, -0.2) is 47.4 Å². The highest BCUT2D eigenvalue weighted by molar-refractivity contribution is 6.00. The predicted molar refractivity (Wildman–Crippen MR) is 113 cm³/mol. The normalized spacial score (nSPS) is 15.3. The Balaban J connectivity index is 0.00000182. The van der Waals surface area contributed by atoms with E-state index in [1.54, 1.807) is 0 Å². The number of amides is 1. The molecule has 0 aliphatic carbocycles. The van der Waals surface area contributed by atoms with Crippen molar-refractivity contribution in [3.8, 4) is 0 Å². The van der Waals surface area contributed by atoms with Crippen molar-refractivity contribution in [3.63, 3.8) is 0 Å². The number of para-hydroxylation sites is 1. The van der Waals surface area contributed by atoms with Gasteiger partial charge in [-0.15, -0.1) is 12.4 Å². The number of nitrogen functional groups attached to an aromatic ring is 1. The SMILES string of the molecule is CCN(CC)CCCN1C(=O)c2ccccc2C1c1ccccc1N.Cl.O. The van der Waals surface area contributed by atoms with Gasteiger partial charge in [0.1, 0.15) is 0 Å². The number of benzene rings is 2. The maximum atomic E-state index is 13.0. The Morgan fingerprint density at radius 3 is 2.22 bits per heavy atom. The summed E-state index contributed by atoms with van der Waals surface area (Å²) < 4.78 is 0. The van der Waals surface area contributed by atoms with Gasteiger partial charge in [-0.3, -0.25) is 4.79 Å². The molecule has 0 aromatic heterocycles. The highest BCUT2D eigenvalue weighted by Gasteiger charge is 2.37. The molecule has 6 heteroatoms. The number of hydrogen-bond donors (Lipinski definition) is 1. The largest absolute Gasteiger partial charge is 0.412 e. The number of hydrogen-bond acceptors (Lipinski definition) is 3. The van der Waals surface area contributed by atoms with Crippen molar-refractivity contribution in [1.29, 1.82) is 0 Å². The zero-order valence-corrected chi connectivity index (χ0v) is 16.8. The summed E-state index contributed by atoms with van der Waals surface area (Å²) in [6, 6.07) is 15.7. The minimum atomic E-state index is -0.0818. The van der Waals surface area contributed by atoms with Crippen LogP contribution in [0.5, 0.6) is 0 Å². The van der Waals surface area contributed by atoms with Crippen LogP contribution in [0.3, 0.4) is 0 Å². The lowest BCUT2D eigenvalue weighted by Gasteiger charge is -2.28. The highest BCUT2D eigenvalue weighted by atomic mass is 35.5. The van der Waals surface area contributed by atoms with Gasteiger partial charge in [0.05, 0.1) is 6.04 Å². The number of carbonyl (C=O) groups is 1. The Hall–Kier alpha value is -2.08. The minimum Gasteiger partial charge on any atom is -0.412 e. The van der Waals surface area contributed by atoms with E-state index in [-0.39, 0.29) is 29.8 Å². The predicted octanol–water partition coefficient (Wildman–Crippen LogP) is 3.14. The third-order valence-corrected chi connectivity index (χ3v) is 5.12. The van der Waals surface area contributed by atoms with Crippen molar-refractivity contribution >= 4 is 24.0 Å². The average molecular weight is 392 g/mol. The summed E-state index contributed by atoms with van der Waals surface area (Å²) in [6.07, 6.45) is 0.963. The summed E-state index contributed by atoms with van der Waals surface area (Å²) >= 11 is 0. The molecule has 27 heavy (non-hydrogen) atoms. The molecule has 4 N–H and O–H groups in total. The number of anilines is 1. The fraction of sp³-hybridized carbons (Fsp3) is 0.381. The van der Waals surface area contributed by atoms with Gasteiger partial charge < -0.3 is 21.0 Å². The van der Waals surface area contributed by atoms with Crippen molar-refractivity contribution in [1.82, 2.24) is 9.80 Å². The van der Waals surface area contributed by atoms with Crippen LogP contribution in [0, 0.1) is 0 Å². The van der Waals surface area contributed by atoms with Gasteiger partial charge in [0.15, 0.2) is 0 Å². The van der Waals surface area contributed by atoms with Crippen LogP contribution in [0.1, 0.15) is 47.8 Å². The smallest absolute Gasteiger partial charge is 0.255 e. The first-order chi connectivity index (χ1) is 12.2. The summed E-state index contributed by atoms with van der Waals surface area (Å²) in [5.74, 6) is 0.114. The number of nitrogens with zero attached hydrogens (tertiary/aromatic N) is 2. The molecule has 2 aromatic rings. The Labute approximate surface area is 167 Å². The number of fused-ring (bicyclic) bond motifs is 1. The van der Waals surface area contributed by atoms with Crippen LogP contribution in [0.25, 0.3) is 0 Å². The molecule has 1 unspecified atom stereocenters. The van der Waals surface area contributed by atoms with Crippen LogP contribution in [0.15, 0.2) is 48.5 Å². The van der Waals surface area contributed by atoms with E-state index in [0.717, 1.165) is 55.0 Å². The van der Waals surface area contributed by atoms with E-state index in [1.165, 1.54) is 0 Å². The molecule has 2 aromatic carbocycles. The number of carbonyl (C=O) groups excluding carboxylic acids is 1.